The number of ether oxygens (including phenoxy) is 2. The Balaban J connectivity index is 2.24. The SMILES string of the molecule is COc1ccc(Cl)cc1CC1C=C(Cl)C=CC1OC. The van der Waals surface area contributed by atoms with Gasteiger partial charge in [-0.05, 0) is 36.3 Å². The molecular weight excluding hydrogens is 283 g/mol. The predicted molar refractivity (Wildman–Crippen MR) is 79.1 cm³/mol. The van der Waals surface area contributed by atoms with Crippen LogP contribution in [0, 0.1) is 5.92 Å². The van der Waals surface area contributed by atoms with E-state index >= 15 is 0 Å². The highest BCUT2D eigenvalue weighted by Gasteiger charge is 2.22. The van der Waals surface area contributed by atoms with E-state index in [4.69, 9.17) is 32.7 Å². The summed E-state index contributed by atoms with van der Waals surface area (Å²) in [6.07, 6.45) is 6.64. The van der Waals surface area contributed by atoms with E-state index in [9.17, 15) is 0 Å². The van der Waals surface area contributed by atoms with Crippen molar-refractivity contribution in [3.05, 3.63) is 52.0 Å². The van der Waals surface area contributed by atoms with Crippen LogP contribution in [0.15, 0.2) is 41.5 Å². The number of allylic oxidation sites excluding steroid dienone is 2. The van der Waals surface area contributed by atoms with Gasteiger partial charge in [-0.25, -0.2) is 0 Å². The number of rotatable bonds is 4. The molecule has 19 heavy (non-hydrogen) atoms. The Bertz CT molecular complexity index is 509. The van der Waals surface area contributed by atoms with E-state index in [0.29, 0.717) is 5.02 Å². The Kier molecular flexibility index (Phi) is 4.92. The van der Waals surface area contributed by atoms with E-state index in [1.807, 2.05) is 36.4 Å². The molecule has 1 aromatic carbocycles. The summed E-state index contributed by atoms with van der Waals surface area (Å²) in [7, 11) is 3.36. The molecule has 0 saturated carbocycles. The van der Waals surface area contributed by atoms with Crippen molar-refractivity contribution < 1.29 is 9.47 Å². The van der Waals surface area contributed by atoms with E-state index in [-0.39, 0.29) is 12.0 Å². The molecule has 0 heterocycles. The maximum absolute atomic E-state index is 6.07. The summed E-state index contributed by atoms with van der Waals surface area (Å²) >= 11 is 12.1. The molecule has 1 aromatic rings. The fraction of sp³-hybridized carbons (Fsp3) is 0.333. The van der Waals surface area contributed by atoms with Gasteiger partial charge in [-0.3, -0.25) is 0 Å². The van der Waals surface area contributed by atoms with Gasteiger partial charge in [0.1, 0.15) is 5.75 Å². The summed E-state index contributed by atoms with van der Waals surface area (Å²) < 4.78 is 10.8. The molecular formula is C15H16Cl2O2. The van der Waals surface area contributed by atoms with E-state index < -0.39 is 0 Å². The second kappa shape index (κ2) is 6.47. The van der Waals surface area contributed by atoms with Gasteiger partial charge >= 0.3 is 0 Å². The quantitative estimate of drug-likeness (QED) is 0.829. The highest BCUT2D eigenvalue weighted by Crippen LogP contribution is 2.30. The molecule has 102 valence electrons. The van der Waals surface area contributed by atoms with Crippen molar-refractivity contribution in [2.24, 2.45) is 5.92 Å². The molecule has 0 aliphatic heterocycles. The lowest BCUT2D eigenvalue weighted by Crippen LogP contribution is -2.23. The lowest BCUT2D eigenvalue weighted by atomic mass is 9.90. The van der Waals surface area contributed by atoms with Gasteiger partial charge in [-0.1, -0.05) is 35.4 Å². The Morgan fingerprint density at radius 2 is 2.00 bits per heavy atom. The number of methoxy groups -OCH3 is 2. The van der Waals surface area contributed by atoms with Crippen LogP contribution >= 0.6 is 23.2 Å². The maximum Gasteiger partial charge on any atom is 0.122 e. The predicted octanol–water partition coefficient (Wildman–Crippen LogP) is 4.21. The van der Waals surface area contributed by atoms with E-state index in [1.54, 1.807) is 14.2 Å². The van der Waals surface area contributed by atoms with Crippen molar-refractivity contribution in [1.82, 2.24) is 0 Å². The third-order valence-corrected chi connectivity index (χ3v) is 3.70. The molecule has 2 rings (SSSR count). The summed E-state index contributed by atoms with van der Waals surface area (Å²) in [5, 5.41) is 1.44. The number of halogens is 2. The van der Waals surface area contributed by atoms with Gasteiger partial charge in [0, 0.05) is 23.1 Å². The highest BCUT2D eigenvalue weighted by atomic mass is 35.5. The average molecular weight is 299 g/mol. The minimum atomic E-state index is 0.0196. The van der Waals surface area contributed by atoms with E-state index in [1.165, 1.54) is 0 Å². The highest BCUT2D eigenvalue weighted by molar-refractivity contribution is 6.31. The fourth-order valence-electron chi connectivity index (χ4n) is 2.27. The third-order valence-electron chi connectivity index (χ3n) is 3.21. The van der Waals surface area contributed by atoms with Gasteiger partial charge in [0.25, 0.3) is 0 Å². The molecule has 0 N–H and O–H groups in total. The Morgan fingerprint density at radius 1 is 1.21 bits per heavy atom. The van der Waals surface area contributed by atoms with Crippen molar-refractivity contribution in [3.8, 4) is 5.75 Å². The van der Waals surface area contributed by atoms with Crippen LogP contribution in [0.5, 0.6) is 5.75 Å². The smallest absolute Gasteiger partial charge is 0.122 e. The van der Waals surface area contributed by atoms with Crippen LogP contribution in [0.2, 0.25) is 5.02 Å². The first-order valence-electron chi connectivity index (χ1n) is 6.04. The molecule has 2 atom stereocenters. The van der Waals surface area contributed by atoms with E-state index in [0.717, 1.165) is 22.8 Å². The standard InChI is InChI=1S/C15H16Cl2O2/c1-18-14-5-3-12(16)8-10(14)7-11-9-13(17)4-6-15(11)19-2/h3-6,8-10,14H,7H2,1-2H3. The molecule has 0 amide bonds. The molecule has 1 aliphatic rings. The van der Waals surface area contributed by atoms with Gasteiger partial charge in [0.15, 0.2) is 0 Å². The second-order valence-electron chi connectivity index (χ2n) is 4.44. The van der Waals surface area contributed by atoms with Crippen LogP contribution in [0.1, 0.15) is 5.56 Å². The Morgan fingerprint density at radius 3 is 2.68 bits per heavy atom. The van der Waals surface area contributed by atoms with Gasteiger partial charge in [-0.2, -0.15) is 0 Å². The van der Waals surface area contributed by atoms with Gasteiger partial charge < -0.3 is 9.47 Å². The largest absolute Gasteiger partial charge is 0.496 e. The molecule has 0 spiro atoms. The Hall–Kier alpha value is -0.960. The molecule has 4 heteroatoms. The zero-order chi connectivity index (χ0) is 13.8. The lowest BCUT2D eigenvalue weighted by Gasteiger charge is -2.24. The minimum absolute atomic E-state index is 0.0196. The number of hydrogen-bond donors (Lipinski definition) is 0. The first-order chi connectivity index (χ1) is 9.13. The monoisotopic (exact) mass is 298 g/mol. The summed E-state index contributed by atoms with van der Waals surface area (Å²) in [4.78, 5) is 0. The average Bonchev–Trinajstić information content (AvgIpc) is 2.39. The summed E-state index contributed by atoms with van der Waals surface area (Å²) in [6, 6.07) is 5.62. The van der Waals surface area contributed by atoms with Gasteiger partial charge in [0.05, 0.1) is 13.2 Å². The molecule has 0 saturated heterocycles. The summed E-state index contributed by atoms with van der Waals surface area (Å²) in [6.45, 7) is 0. The number of hydrogen-bond acceptors (Lipinski definition) is 2. The van der Waals surface area contributed by atoms with Crippen molar-refractivity contribution in [2.75, 3.05) is 14.2 Å². The minimum Gasteiger partial charge on any atom is -0.496 e. The molecule has 0 aromatic heterocycles. The lowest BCUT2D eigenvalue weighted by molar-refractivity contribution is 0.105. The first kappa shape index (κ1) is 14.4. The van der Waals surface area contributed by atoms with Crippen LogP contribution < -0.4 is 4.74 Å². The molecule has 2 nitrogen and oxygen atoms in total. The second-order valence-corrected chi connectivity index (χ2v) is 5.31. The molecule has 0 bridgehead atoms. The topological polar surface area (TPSA) is 18.5 Å². The summed E-state index contributed by atoms with van der Waals surface area (Å²) in [5.74, 6) is 1.01. The molecule has 0 radical (unpaired) electrons. The fourth-order valence-corrected chi connectivity index (χ4v) is 2.70. The van der Waals surface area contributed by atoms with Crippen LogP contribution in [-0.4, -0.2) is 20.3 Å². The summed E-state index contributed by atoms with van der Waals surface area (Å²) in [5.41, 5.74) is 1.05. The molecule has 2 unspecified atom stereocenters. The van der Waals surface area contributed by atoms with Crippen LogP contribution in [0.3, 0.4) is 0 Å². The van der Waals surface area contributed by atoms with Crippen LogP contribution in [0.25, 0.3) is 0 Å². The van der Waals surface area contributed by atoms with E-state index in [2.05, 4.69) is 0 Å². The van der Waals surface area contributed by atoms with Crippen LogP contribution in [-0.2, 0) is 11.2 Å². The number of benzene rings is 1. The Labute approximate surface area is 123 Å². The third kappa shape index (κ3) is 3.53. The molecule has 1 aliphatic carbocycles. The zero-order valence-electron chi connectivity index (χ0n) is 10.9. The maximum atomic E-state index is 6.07. The van der Waals surface area contributed by atoms with Crippen molar-refractivity contribution >= 4 is 23.2 Å². The normalized spacial score (nSPS) is 22.2. The van der Waals surface area contributed by atoms with Crippen molar-refractivity contribution in [3.63, 3.8) is 0 Å². The van der Waals surface area contributed by atoms with Gasteiger partial charge in [0.2, 0.25) is 0 Å². The van der Waals surface area contributed by atoms with Crippen molar-refractivity contribution in [1.29, 1.82) is 0 Å². The first-order valence-corrected chi connectivity index (χ1v) is 6.80. The van der Waals surface area contributed by atoms with Crippen LogP contribution in [0.4, 0.5) is 0 Å². The molecule has 0 fully saturated rings. The van der Waals surface area contributed by atoms with Crippen molar-refractivity contribution in [2.45, 2.75) is 12.5 Å². The van der Waals surface area contributed by atoms with Gasteiger partial charge in [-0.15, -0.1) is 0 Å². The zero-order valence-corrected chi connectivity index (χ0v) is 12.4.